The van der Waals surface area contributed by atoms with E-state index in [1.54, 1.807) is 4.90 Å². The summed E-state index contributed by atoms with van der Waals surface area (Å²) in [7, 11) is 0. The molecular formula is C20H24F3N3O4. The van der Waals surface area contributed by atoms with Crippen LogP contribution < -0.4 is 10.1 Å². The standard InChI is InChI=1S/C20H24F3N3O4/c1-12-5-4-6-13(2)26(12)16(27)11-25-17(28)19(3,24-18(25)29)14-7-9-15(10-8-14)30-20(21,22)23/h7-10,12-13H,4-6,11H2,1-3H3,(H,24,29). The largest absolute Gasteiger partial charge is 0.573 e. The van der Waals surface area contributed by atoms with Crippen LogP contribution in [0.4, 0.5) is 18.0 Å². The Morgan fingerprint density at radius 1 is 1.17 bits per heavy atom. The van der Waals surface area contributed by atoms with Crippen molar-refractivity contribution in [2.75, 3.05) is 6.54 Å². The molecule has 3 rings (SSSR count). The number of carbonyl (C=O) groups is 3. The summed E-state index contributed by atoms with van der Waals surface area (Å²) >= 11 is 0. The minimum atomic E-state index is -4.83. The van der Waals surface area contributed by atoms with Crippen molar-refractivity contribution in [3.63, 3.8) is 0 Å². The van der Waals surface area contributed by atoms with Crippen LogP contribution in [0.1, 0.15) is 45.6 Å². The van der Waals surface area contributed by atoms with E-state index >= 15 is 0 Å². The van der Waals surface area contributed by atoms with Gasteiger partial charge in [0.05, 0.1) is 0 Å². The lowest BCUT2D eigenvalue weighted by Crippen LogP contribution is -2.52. The number of benzene rings is 1. The quantitative estimate of drug-likeness (QED) is 0.749. The van der Waals surface area contributed by atoms with Gasteiger partial charge in [0.15, 0.2) is 0 Å². The van der Waals surface area contributed by atoms with E-state index < -0.39 is 29.6 Å². The molecule has 30 heavy (non-hydrogen) atoms. The lowest BCUT2D eigenvalue weighted by atomic mass is 9.92. The SMILES string of the molecule is CC1CCCC(C)N1C(=O)CN1C(=O)NC(C)(c2ccc(OC(F)(F)F)cc2)C1=O. The first kappa shape index (κ1) is 21.9. The predicted octanol–water partition coefficient (Wildman–Crippen LogP) is 3.14. The lowest BCUT2D eigenvalue weighted by molar-refractivity contribution is -0.274. The third kappa shape index (κ3) is 4.22. The number of urea groups is 1. The van der Waals surface area contributed by atoms with Crippen molar-refractivity contribution in [2.45, 2.75) is 64.0 Å². The monoisotopic (exact) mass is 427 g/mol. The second-order valence-electron chi connectivity index (χ2n) is 7.95. The Morgan fingerprint density at radius 2 is 1.73 bits per heavy atom. The molecule has 10 heteroatoms. The van der Waals surface area contributed by atoms with Gasteiger partial charge in [0.1, 0.15) is 17.8 Å². The summed E-state index contributed by atoms with van der Waals surface area (Å²) in [5.41, 5.74) is -1.21. The summed E-state index contributed by atoms with van der Waals surface area (Å²) in [4.78, 5) is 40.8. The molecule has 0 saturated carbocycles. The van der Waals surface area contributed by atoms with Gasteiger partial charge in [-0.2, -0.15) is 0 Å². The summed E-state index contributed by atoms with van der Waals surface area (Å²) in [5.74, 6) is -1.38. The Hall–Kier alpha value is -2.78. The van der Waals surface area contributed by atoms with Crippen LogP contribution >= 0.6 is 0 Å². The van der Waals surface area contributed by atoms with Crippen LogP contribution in [0.5, 0.6) is 5.75 Å². The molecule has 0 aliphatic carbocycles. The normalized spacial score (nSPS) is 27.3. The Labute approximate surface area is 172 Å². The first-order chi connectivity index (χ1) is 13.9. The number of ether oxygens (including phenoxy) is 1. The van der Waals surface area contributed by atoms with E-state index in [-0.39, 0.29) is 30.1 Å². The topological polar surface area (TPSA) is 79.0 Å². The van der Waals surface area contributed by atoms with Crippen molar-refractivity contribution in [1.29, 1.82) is 0 Å². The number of rotatable bonds is 4. The van der Waals surface area contributed by atoms with Crippen LogP contribution in [-0.2, 0) is 15.1 Å². The molecule has 0 aromatic heterocycles. The zero-order chi connectivity index (χ0) is 22.3. The van der Waals surface area contributed by atoms with Crippen LogP contribution in [0.2, 0.25) is 0 Å². The van der Waals surface area contributed by atoms with Gasteiger partial charge in [-0.25, -0.2) is 4.79 Å². The number of alkyl halides is 3. The third-order valence-corrected chi connectivity index (χ3v) is 5.72. The molecule has 1 N–H and O–H groups in total. The maximum Gasteiger partial charge on any atom is 0.573 e. The number of halogens is 3. The Kier molecular flexibility index (Phi) is 5.70. The summed E-state index contributed by atoms with van der Waals surface area (Å²) in [5, 5.41) is 2.55. The van der Waals surface area contributed by atoms with Crippen LogP contribution in [0.25, 0.3) is 0 Å². The van der Waals surface area contributed by atoms with Crippen molar-refractivity contribution in [1.82, 2.24) is 15.1 Å². The smallest absolute Gasteiger partial charge is 0.406 e. The molecule has 0 bridgehead atoms. The molecule has 7 nitrogen and oxygen atoms in total. The maximum absolute atomic E-state index is 13.0. The fourth-order valence-corrected chi connectivity index (χ4v) is 4.16. The van der Waals surface area contributed by atoms with E-state index in [0.29, 0.717) is 0 Å². The Balaban J connectivity index is 1.75. The summed E-state index contributed by atoms with van der Waals surface area (Å²) in [6.07, 6.45) is -2.09. The second kappa shape index (κ2) is 7.81. The molecule has 1 aromatic rings. The van der Waals surface area contributed by atoms with Gasteiger partial charge >= 0.3 is 12.4 Å². The average molecular weight is 427 g/mol. The van der Waals surface area contributed by atoms with Crippen molar-refractivity contribution in [2.24, 2.45) is 0 Å². The van der Waals surface area contributed by atoms with Crippen LogP contribution in [0.3, 0.4) is 0 Å². The van der Waals surface area contributed by atoms with E-state index in [2.05, 4.69) is 10.1 Å². The van der Waals surface area contributed by atoms with Crippen LogP contribution in [0, 0.1) is 0 Å². The van der Waals surface area contributed by atoms with Gasteiger partial charge in [-0.15, -0.1) is 13.2 Å². The molecular weight excluding hydrogens is 403 g/mol. The van der Waals surface area contributed by atoms with Gasteiger partial charge < -0.3 is 15.0 Å². The van der Waals surface area contributed by atoms with Crippen LogP contribution in [-0.4, -0.2) is 52.6 Å². The van der Waals surface area contributed by atoms with Crippen LogP contribution in [0.15, 0.2) is 24.3 Å². The highest BCUT2D eigenvalue weighted by atomic mass is 19.4. The van der Waals surface area contributed by atoms with Crippen molar-refractivity contribution < 1.29 is 32.3 Å². The number of likely N-dealkylation sites (tertiary alicyclic amines) is 1. The fraction of sp³-hybridized carbons (Fsp3) is 0.550. The number of carbonyl (C=O) groups excluding carboxylic acids is 3. The van der Waals surface area contributed by atoms with E-state index in [4.69, 9.17) is 0 Å². The highest BCUT2D eigenvalue weighted by Gasteiger charge is 2.50. The van der Waals surface area contributed by atoms with Gasteiger partial charge in [-0.3, -0.25) is 14.5 Å². The molecule has 2 saturated heterocycles. The number of nitrogens with one attached hydrogen (secondary N) is 1. The number of nitrogens with zero attached hydrogens (tertiary/aromatic N) is 2. The fourth-order valence-electron chi connectivity index (χ4n) is 4.16. The van der Waals surface area contributed by atoms with E-state index in [1.807, 2.05) is 13.8 Å². The van der Waals surface area contributed by atoms with Gasteiger partial charge in [-0.1, -0.05) is 12.1 Å². The zero-order valence-electron chi connectivity index (χ0n) is 17.0. The van der Waals surface area contributed by atoms with Gasteiger partial charge in [0.25, 0.3) is 5.91 Å². The highest BCUT2D eigenvalue weighted by Crippen LogP contribution is 2.32. The third-order valence-electron chi connectivity index (χ3n) is 5.72. The first-order valence-corrected chi connectivity index (χ1v) is 9.74. The Morgan fingerprint density at radius 3 is 2.27 bits per heavy atom. The average Bonchev–Trinajstić information content (AvgIpc) is 2.85. The first-order valence-electron chi connectivity index (χ1n) is 9.74. The van der Waals surface area contributed by atoms with Gasteiger partial charge in [0, 0.05) is 12.1 Å². The van der Waals surface area contributed by atoms with E-state index in [0.717, 1.165) is 36.3 Å². The molecule has 2 aliphatic rings. The number of imide groups is 1. The summed E-state index contributed by atoms with van der Waals surface area (Å²) < 4.78 is 40.8. The molecule has 0 spiro atoms. The molecule has 1 aromatic carbocycles. The van der Waals surface area contributed by atoms with E-state index in [1.165, 1.54) is 19.1 Å². The Bertz CT molecular complexity index is 833. The molecule has 4 amide bonds. The summed E-state index contributed by atoms with van der Waals surface area (Å²) in [6.45, 7) is 4.94. The summed E-state index contributed by atoms with van der Waals surface area (Å²) in [6, 6.07) is 4.02. The van der Waals surface area contributed by atoms with Crippen molar-refractivity contribution in [3.8, 4) is 5.75 Å². The number of amides is 4. The minimum Gasteiger partial charge on any atom is -0.406 e. The molecule has 2 aliphatic heterocycles. The molecule has 164 valence electrons. The molecule has 3 unspecified atom stereocenters. The van der Waals surface area contributed by atoms with E-state index in [9.17, 15) is 27.6 Å². The molecule has 2 heterocycles. The maximum atomic E-state index is 13.0. The molecule has 3 atom stereocenters. The highest BCUT2D eigenvalue weighted by molar-refractivity contribution is 6.09. The van der Waals surface area contributed by atoms with Gasteiger partial charge in [0.2, 0.25) is 5.91 Å². The second-order valence-corrected chi connectivity index (χ2v) is 7.95. The van der Waals surface area contributed by atoms with Gasteiger partial charge in [-0.05, 0) is 57.7 Å². The predicted molar refractivity (Wildman–Crippen MR) is 100 cm³/mol. The molecule has 0 radical (unpaired) electrons. The van der Waals surface area contributed by atoms with Crippen molar-refractivity contribution in [3.05, 3.63) is 29.8 Å². The molecule has 2 fully saturated rings. The minimum absolute atomic E-state index is 0.0228. The zero-order valence-corrected chi connectivity index (χ0v) is 17.0. The number of piperidine rings is 1. The number of hydrogen-bond donors (Lipinski definition) is 1. The number of hydrogen-bond acceptors (Lipinski definition) is 4. The lowest BCUT2D eigenvalue weighted by Gasteiger charge is -2.39. The van der Waals surface area contributed by atoms with Crippen molar-refractivity contribution >= 4 is 17.8 Å².